The molecule has 1 aliphatic heterocycles. The van der Waals surface area contributed by atoms with E-state index in [1.807, 2.05) is 45.0 Å². The zero-order valence-electron chi connectivity index (χ0n) is 18.9. The third kappa shape index (κ3) is 3.23. The molecule has 0 radical (unpaired) electrons. The van der Waals surface area contributed by atoms with Gasteiger partial charge < -0.3 is 20.1 Å². The number of carbonyl (C=O) groups excluding carboxylic acids is 2. The maximum atomic E-state index is 13.0. The highest BCUT2D eigenvalue weighted by Crippen LogP contribution is 2.33. The van der Waals surface area contributed by atoms with Gasteiger partial charge in [-0.15, -0.1) is 0 Å². The number of aryl methyl sites for hydroxylation is 2. The summed E-state index contributed by atoms with van der Waals surface area (Å²) < 4.78 is 9.47. The lowest BCUT2D eigenvalue weighted by Crippen LogP contribution is -2.60. The number of likely N-dealkylation sites (tertiary alicyclic amines) is 1. The molecule has 5 rings (SSSR count). The van der Waals surface area contributed by atoms with E-state index < -0.39 is 6.10 Å². The molecule has 0 saturated carbocycles. The number of aliphatic hydroxyl groups is 1. The zero-order valence-corrected chi connectivity index (χ0v) is 18.9. The van der Waals surface area contributed by atoms with Gasteiger partial charge in [0.2, 0.25) is 0 Å². The SMILES string of the molecule is CNC(=O)n1c(C)cc2cc(Oc3ccnn4cc(C(=O)N5CC(O)[C@H]5C)c(C)c34)ccc21. The molecule has 2 N–H and O–H groups in total. The van der Waals surface area contributed by atoms with Gasteiger partial charge in [0, 0.05) is 36.9 Å². The minimum absolute atomic E-state index is 0.130. The Balaban J connectivity index is 1.51. The van der Waals surface area contributed by atoms with Gasteiger partial charge in [-0.25, -0.2) is 9.31 Å². The Kier molecular flexibility index (Phi) is 4.86. The number of nitrogens with one attached hydrogen (secondary N) is 1. The molecule has 170 valence electrons. The number of benzene rings is 1. The zero-order chi connectivity index (χ0) is 23.4. The maximum Gasteiger partial charge on any atom is 0.325 e. The number of rotatable bonds is 3. The molecule has 1 unspecified atom stereocenters. The number of amides is 2. The van der Waals surface area contributed by atoms with Gasteiger partial charge in [-0.3, -0.25) is 9.36 Å². The second-order valence-electron chi connectivity index (χ2n) is 8.42. The summed E-state index contributed by atoms with van der Waals surface area (Å²) in [4.78, 5) is 26.9. The molecular formula is C24H25N5O4. The molecule has 4 aromatic rings. The van der Waals surface area contributed by atoms with Crippen LogP contribution in [-0.2, 0) is 0 Å². The summed E-state index contributed by atoms with van der Waals surface area (Å²) in [5.41, 5.74) is 3.61. The van der Waals surface area contributed by atoms with Crippen molar-refractivity contribution >= 4 is 28.4 Å². The molecule has 0 bridgehead atoms. The molecule has 4 heterocycles. The highest BCUT2D eigenvalue weighted by molar-refractivity contribution is 5.99. The van der Waals surface area contributed by atoms with Crippen LogP contribution in [0.15, 0.2) is 42.7 Å². The molecule has 1 fully saturated rings. The van der Waals surface area contributed by atoms with Crippen LogP contribution in [0.25, 0.3) is 16.4 Å². The second kappa shape index (κ2) is 7.63. The highest BCUT2D eigenvalue weighted by Gasteiger charge is 2.38. The highest BCUT2D eigenvalue weighted by atomic mass is 16.5. The topological polar surface area (TPSA) is 101 Å². The lowest BCUT2D eigenvalue weighted by molar-refractivity contribution is -0.0357. The Labute approximate surface area is 190 Å². The van der Waals surface area contributed by atoms with E-state index in [1.165, 1.54) is 0 Å². The summed E-state index contributed by atoms with van der Waals surface area (Å²) >= 11 is 0. The molecule has 1 aromatic carbocycles. The van der Waals surface area contributed by atoms with Crippen molar-refractivity contribution < 1.29 is 19.4 Å². The fourth-order valence-electron chi connectivity index (χ4n) is 4.44. The number of hydrogen-bond donors (Lipinski definition) is 2. The molecule has 2 atom stereocenters. The molecule has 1 saturated heterocycles. The van der Waals surface area contributed by atoms with Crippen LogP contribution < -0.4 is 10.1 Å². The summed E-state index contributed by atoms with van der Waals surface area (Å²) in [6.07, 6.45) is 2.84. The van der Waals surface area contributed by atoms with Crippen molar-refractivity contribution in [2.24, 2.45) is 0 Å². The second-order valence-corrected chi connectivity index (χ2v) is 8.42. The summed E-state index contributed by atoms with van der Waals surface area (Å²) in [5.74, 6) is 1.05. The first-order valence-electron chi connectivity index (χ1n) is 10.8. The molecule has 3 aromatic heterocycles. The van der Waals surface area contributed by atoms with E-state index in [0.29, 0.717) is 29.1 Å². The molecule has 0 aliphatic carbocycles. The third-order valence-corrected chi connectivity index (χ3v) is 6.42. The first kappa shape index (κ1) is 21.0. The van der Waals surface area contributed by atoms with Gasteiger partial charge in [-0.1, -0.05) is 0 Å². The number of aliphatic hydroxyl groups excluding tert-OH is 1. The van der Waals surface area contributed by atoms with Gasteiger partial charge in [0.1, 0.15) is 11.3 Å². The van der Waals surface area contributed by atoms with E-state index >= 15 is 0 Å². The number of fused-ring (bicyclic) bond motifs is 2. The summed E-state index contributed by atoms with van der Waals surface area (Å²) in [6.45, 7) is 5.91. The van der Waals surface area contributed by atoms with E-state index in [-0.39, 0.29) is 18.0 Å². The van der Waals surface area contributed by atoms with Crippen LogP contribution in [0.3, 0.4) is 0 Å². The molecule has 9 heteroatoms. The van der Waals surface area contributed by atoms with Crippen LogP contribution in [0.4, 0.5) is 4.79 Å². The van der Waals surface area contributed by atoms with Crippen LogP contribution in [0.2, 0.25) is 0 Å². The van der Waals surface area contributed by atoms with Crippen molar-refractivity contribution in [1.82, 2.24) is 24.4 Å². The molecule has 1 aliphatic rings. The summed E-state index contributed by atoms with van der Waals surface area (Å²) in [5, 5.41) is 17.7. The minimum Gasteiger partial charge on any atom is -0.455 e. The smallest absolute Gasteiger partial charge is 0.325 e. The number of β-amino-alcohol motifs (C(OH)–C–C–N with tert-alkyl or cyclic N) is 1. The number of hydrogen-bond acceptors (Lipinski definition) is 5. The van der Waals surface area contributed by atoms with Crippen molar-refractivity contribution in [2.75, 3.05) is 13.6 Å². The lowest BCUT2D eigenvalue weighted by Gasteiger charge is -2.43. The van der Waals surface area contributed by atoms with Gasteiger partial charge in [-0.05, 0) is 50.6 Å². The fraction of sp³-hybridized carbons (Fsp3) is 0.292. The Hall–Kier alpha value is -3.85. The van der Waals surface area contributed by atoms with E-state index in [4.69, 9.17) is 4.74 Å². The van der Waals surface area contributed by atoms with Crippen molar-refractivity contribution in [1.29, 1.82) is 0 Å². The number of carbonyl (C=O) groups is 2. The van der Waals surface area contributed by atoms with Crippen molar-refractivity contribution in [2.45, 2.75) is 32.9 Å². The third-order valence-electron chi connectivity index (χ3n) is 6.42. The fourth-order valence-corrected chi connectivity index (χ4v) is 4.44. The lowest BCUT2D eigenvalue weighted by atomic mass is 9.99. The van der Waals surface area contributed by atoms with E-state index in [2.05, 4.69) is 10.4 Å². The number of nitrogens with zero attached hydrogens (tertiary/aromatic N) is 4. The van der Waals surface area contributed by atoms with Crippen LogP contribution in [0, 0.1) is 13.8 Å². The predicted molar refractivity (Wildman–Crippen MR) is 123 cm³/mol. The molecular weight excluding hydrogens is 422 g/mol. The number of aromatic nitrogens is 3. The van der Waals surface area contributed by atoms with E-state index in [0.717, 1.165) is 22.2 Å². The first-order chi connectivity index (χ1) is 15.8. The van der Waals surface area contributed by atoms with Gasteiger partial charge in [0.15, 0.2) is 5.75 Å². The minimum atomic E-state index is -0.486. The van der Waals surface area contributed by atoms with Crippen molar-refractivity contribution in [3.8, 4) is 11.5 Å². The van der Waals surface area contributed by atoms with Gasteiger partial charge >= 0.3 is 6.03 Å². The molecule has 0 spiro atoms. The Morgan fingerprint density at radius 3 is 2.70 bits per heavy atom. The number of ether oxygens (including phenoxy) is 1. The summed E-state index contributed by atoms with van der Waals surface area (Å²) in [6, 6.07) is 8.83. The summed E-state index contributed by atoms with van der Waals surface area (Å²) in [7, 11) is 1.60. The maximum absolute atomic E-state index is 13.0. The molecule has 2 amide bonds. The predicted octanol–water partition coefficient (Wildman–Crippen LogP) is 3.09. The average molecular weight is 447 g/mol. The first-order valence-corrected chi connectivity index (χ1v) is 10.8. The molecule has 9 nitrogen and oxygen atoms in total. The van der Waals surface area contributed by atoms with E-state index in [9.17, 15) is 14.7 Å². The van der Waals surface area contributed by atoms with Crippen LogP contribution in [0.5, 0.6) is 11.5 Å². The van der Waals surface area contributed by atoms with Crippen molar-refractivity contribution in [3.63, 3.8) is 0 Å². The van der Waals surface area contributed by atoms with Gasteiger partial charge in [0.05, 0.1) is 29.4 Å². The Morgan fingerprint density at radius 1 is 1.21 bits per heavy atom. The molecule has 33 heavy (non-hydrogen) atoms. The van der Waals surface area contributed by atoms with Gasteiger partial charge in [0.25, 0.3) is 5.91 Å². The van der Waals surface area contributed by atoms with E-state index in [1.54, 1.807) is 39.5 Å². The largest absolute Gasteiger partial charge is 0.455 e. The van der Waals surface area contributed by atoms with Gasteiger partial charge in [-0.2, -0.15) is 5.10 Å². The van der Waals surface area contributed by atoms with Crippen molar-refractivity contribution in [3.05, 3.63) is 59.5 Å². The monoisotopic (exact) mass is 447 g/mol. The van der Waals surface area contributed by atoms with Crippen LogP contribution in [0.1, 0.15) is 28.5 Å². The standard InChI is InChI=1S/C24H25N5O4/c1-13-9-16-10-17(5-6-19(16)29(13)24(32)25-4)33-21-7-8-26-28-11-18(14(2)22(21)28)23(31)27-12-20(30)15(27)3/h5-11,15,20,30H,12H2,1-4H3,(H,25,32)/t15-,20?/m1/s1. The quantitative estimate of drug-likeness (QED) is 0.503. The van der Waals surface area contributed by atoms with Crippen LogP contribution >= 0.6 is 0 Å². The Morgan fingerprint density at radius 2 is 2.00 bits per heavy atom. The Bertz CT molecular complexity index is 1420. The normalized spacial score (nSPS) is 17.9. The van der Waals surface area contributed by atoms with Crippen LogP contribution in [-0.4, -0.2) is 61.9 Å². The average Bonchev–Trinajstić information content (AvgIpc) is 3.32.